The number of hydrogen-bond donors (Lipinski definition) is 1. The molecule has 0 fully saturated rings. The minimum Gasteiger partial charge on any atom is -0.355 e. The quantitative estimate of drug-likeness (QED) is 0.755. The van der Waals surface area contributed by atoms with Crippen LogP contribution in [0.3, 0.4) is 0 Å². The van der Waals surface area contributed by atoms with Gasteiger partial charge in [0.05, 0.1) is 18.1 Å². The van der Waals surface area contributed by atoms with Crippen molar-refractivity contribution in [1.82, 2.24) is 15.3 Å². The van der Waals surface area contributed by atoms with Crippen LogP contribution in [0, 0.1) is 5.92 Å². The first-order valence-corrected chi connectivity index (χ1v) is 6.80. The second-order valence-electron chi connectivity index (χ2n) is 5.14. The van der Waals surface area contributed by atoms with Crippen molar-refractivity contribution in [2.75, 3.05) is 18.5 Å². The third kappa shape index (κ3) is 4.26. The van der Waals surface area contributed by atoms with Crippen molar-refractivity contribution in [3.8, 4) is 0 Å². The van der Waals surface area contributed by atoms with Crippen molar-refractivity contribution in [1.29, 1.82) is 0 Å². The van der Waals surface area contributed by atoms with Gasteiger partial charge < -0.3 is 10.2 Å². The van der Waals surface area contributed by atoms with E-state index in [0.29, 0.717) is 12.0 Å². The van der Waals surface area contributed by atoms with Gasteiger partial charge >= 0.3 is 0 Å². The molecule has 1 aromatic heterocycles. The third-order valence-electron chi connectivity index (χ3n) is 3.36. The van der Waals surface area contributed by atoms with Gasteiger partial charge in [0.2, 0.25) is 0 Å². The van der Waals surface area contributed by atoms with Crippen LogP contribution in [-0.4, -0.2) is 29.6 Å². The van der Waals surface area contributed by atoms with Crippen molar-refractivity contribution < 1.29 is 0 Å². The molecule has 4 nitrogen and oxygen atoms in total. The zero-order valence-electron chi connectivity index (χ0n) is 12.3. The van der Waals surface area contributed by atoms with Crippen LogP contribution < -0.4 is 10.2 Å². The van der Waals surface area contributed by atoms with Gasteiger partial charge in [0.25, 0.3) is 0 Å². The second-order valence-corrected chi connectivity index (χ2v) is 5.14. The lowest BCUT2D eigenvalue weighted by Crippen LogP contribution is -2.33. The fourth-order valence-electron chi connectivity index (χ4n) is 1.67. The molecule has 18 heavy (non-hydrogen) atoms. The van der Waals surface area contributed by atoms with E-state index in [-0.39, 0.29) is 0 Å². The van der Waals surface area contributed by atoms with Crippen LogP contribution in [0.15, 0.2) is 12.4 Å². The highest BCUT2D eigenvalue weighted by atomic mass is 15.2. The van der Waals surface area contributed by atoms with E-state index in [4.69, 9.17) is 0 Å². The maximum Gasteiger partial charge on any atom is 0.147 e. The van der Waals surface area contributed by atoms with E-state index in [0.717, 1.165) is 31.0 Å². The van der Waals surface area contributed by atoms with Gasteiger partial charge in [-0.3, -0.25) is 4.98 Å². The van der Waals surface area contributed by atoms with E-state index < -0.39 is 0 Å². The summed E-state index contributed by atoms with van der Waals surface area (Å²) in [4.78, 5) is 11.1. The highest BCUT2D eigenvalue weighted by Gasteiger charge is 2.14. The van der Waals surface area contributed by atoms with Gasteiger partial charge in [-0.05, 0) is 25.8 Å². The van der Waals surface area contributed by atoms with Crippen LogP contribution in [-0.2, 0) is 6.54 Å². The molecule has 0 amide bonds. The summed E-state index contributed by atoms with van der Waals surface area (Å²) in [5.41, 5.74) is 0.998. The molecule has 0 aromatic carbocycles. The molecular formula is C14H26N4. The third-order valence-corrected chi connectivity index (χ3v) is 3.36. The number of hydrogen-bond acceptors (Lipinski definition) is 4. The Morgan fingerprint density at radius 3 is 2.44 bits per heavy atom. The molecule has 1 rings (SSSR count). The maximum absolute atomic E-state index is 4.48. The van der Waals surface area contributed by atoms with Crippen molar-refractivity contribution in [3.63, 3.8) is 0 Å². The summed E-state index contributed by atoms with van der Waals surface area (Å²) in [6, 6.07) is 0.461. The van der Waals surface area contributed by atoms with Gasteiger partial charge in [-0.25, -0.2) is 4.98 Å². The van der Waals surface area contributed by atoms with Crippen LogP contribution >= 0.6 is 0 Å². The van der Waals surface area contributed by atoms with Gasteiger partial charge in [-0.1, -0.05) is 20.8 Å². The summed E-state index contributed by atoms with van der Waals surface area (Å²) in [7, 11) is 2.07. The Bertz CT molecular complexity index is 334. The molecule has 1 heterocycles. The molecule has 1 aromatic rings. The molecule has 0 aliphatic carbocycles. The van der Waals surface area contributed by atoms with Gasteiger partial charge in [0, 0.05) is 19.6 Å². The fraction of sp³-hybridized carbons (Fsp3) is 0.714. The maximum atomic E-state index is 4.48. The summed E-state index contributed by atoms with van der Waals surface area (Å²) in [5.74, 6) is 1.54. The van der Waals surface area contributed by atoms with E-state index in [2.05, 4.69) is 54.9 Å². The molecule has 0 radical (unpaired) electrons. The average Bonchev–Trinajstić information content (AvgIpc) is 2.38. The van der Waals surface area contributed by atoms with E-state index in [1.165, 1.54) is 0 Å². The Balaban J connectivity index is 2.59. The lowest BCUT2D eigenvalue weighted by atomic mass is 10.1. The molecule has 102 valence electrons. The summed E-state index contributed by atoms with van der Waals surface area (Å²) < 4.78 is 0. The minimum atomic E-state index is 0.461. The largest absolute Gasteiger partial charge is 0.355 e. The molecular weight excluding hydrogens is 224 g/mol. The first kappa shape index (κ1) is 14.9. The number of rotatable bonds is 7. The summed E-state index contributed by atoms with van der Waals surface area (Å²) in [6.45, 7) is 10.6. The number of nitrogens with zero attached hydrogens (tertiary/aromatic N) is 3. The van der Waals surface area contributed by atoms with Gasteiger partial charge in [0.1, 0.15) is 5.82 Å². The number of aromatic nitrogens is 2. The average molecular weight is 250 g/mol. The topological polar surface area (TPSA) is 41.1 Å². The molecule has 0 saturated carbocycles. The van der Waals surface area contributed by atoms with Gasteiger partial charge in [0.15, 0.2) is 0 Å². The Hall–Kier alpha value is -1.16. The van der Waals surface area contributed by atoms with Crippen LogP contribution in [0.4, 0.5) is 5.82 Å². The second kappa shape index (κ2) is 7.31. The first-order chi connectivity index (χ1) is 8.56. The van der Waals surface area contributed by atoms with Crippen molar-refractivity contribution in [3.05, 3.63) is 18.1 Å². The van der Waals surface area contributed by atoms with Crippen molar-refractivity contribution in [2.45, 2.75) is 46.7 Å². The molecule has 1 unspecified atom stereocenters. The standard InChI is InChI=1S/C14H26N4/c1-6-7-15-8-13-9-17-14(10-16-13)18(5)12(4)11(2)3/h9-12,15H,6-8H2,1-5H3. The Labute approximate surface area is 111 Å². The highest BCUT2D eigenvalue weighted by molar-refractivity contribution is 5.35. The zero-order valence-corrected chi connectivity index (χ0v) is 12.3. The zero-order chi connectivity index (χ0) is 13.5. The van der Waals surface area contributed by atoms with E-state index in [9.17, 15) is 0 Å². The monoisotopic (exact) mass is 250 g/mol. The van der Waals surface area contributed by atoms with E-state index >= 15 is 0 Å². The van der Waals surface area contributed by atoms with Gasteiger partial charge in [-0.2, -0.15) is 0 Å². The molecule has 4 heteroatoms. The molecule has 0 aliphatic rings. The van der Waals surface area contributed by atoms with Gasteiger partial charge in [-0.15, -0.1) is 0 Å². The van der Waals surface area contributed by atoms with Crippen LogP contribution in [0.2, 0.25) is 0 Å². The first-order valence-electron chi connectivity index (χ1n) is 6.80. The van der Waals surface area contributed by atoms with Crippen LogP contribution in [0.1, 0.15) is 39.8 Å². The lowest BCUT2D eigenvalue weighted by molar-refractivity contribution is 0.502. The fourth-order valence-corrected chi connectivity index (χ4v) is 1.67. The SMILES string of the molecule is CCCNCc1cnc(N(C)C(C)C(C)C)cn1. The van der Waals surface area contributed by atoms with Crippen LogP contribution in [0.25, 0.3) is 0 Å². The predicted molar refractivity (Wildman–Crippen MR) is 76.7 cm³/mol. The number of anilines is 1. The molecule has 0 aliphatic heterocycles. The summed E-state index contributed by atoms with van der Waals surface area (Å²) in [5, 5.41) is 3.32. The smallest absolute Gasteiger partial charge is 0.147 e. The highest BCUT2D eigenvalue weighted by Crippen LogP contribution is 2.15. The predicted octanol–water partition coefficient (Wildman–Crippen LogP) is 2.46. The molecule has 1 atom stereocenters. The van der Waals surface area contributed by atoms with Crippen LogP contribution in [0.5, 0.6) is 0 Å². The van der Waals surface area contributed by atoms with Crippen molar-refractivity contribution in [2.24, 2.45) is 5.92 Å². The van der Waals surface area contributed by atoms with Crippen molar-refractivity contribution >= 4 is 5.82 Å². The normalized spacial score (nSPS) is 12.8. The Morgan fingerprint density at radius 1 is 1.22 bits per heavy atom. The van der Waals surface area contributed by atoms with E-state index in [1.54, 1.807) is 0 Å². The molecule has 0 saturated heterocycles. The summed E-state index contributed by atoms with van der Waals surface area (Å²) >= 11 is 0. The molecule has 0 spiro atoms. The number of nitrogens with one attached hydrogen (secondary N) is 1. The van der Waals surface area contributed by atoms with E-state index in [1.807, 2.05) is 12.4 Å². The lowest BCUT2D eigenvalue weighted by Gasteiger charge is -2.28. The Kier molecular flexibility index (Phi) is 6.05. The molecule has 0 bridgehead atoms. The minimum absolute atomic E-state index is 0.461. The summed E-state index contributed by atoms with van der Waals surface area (Å²) in [6.07, 6.45) is 4.86. The Morgan fingerprint density at radius 2 is 1.94 bits per heavy atom. The molecule has 1 N–H and O–H groups in total.